The lowest BCUT2D eigenvalue weighted by atomic mass is 10.3. The van der Waals surface area contributed by atoms with Gasteiger partial charge in [-0.1, -0.05) is 11.6 Å². The number of benzene rings is 1. The highest BCUT2D eigenvalue weighted by Gasteiger charge is 2.01. The molecule has 2 N–H and O–H groups in total. The van der Waals surface area contributed by atoms with Gasteiger partial charge in [-0.3, -0.25) is 0 Å². The van der Waals surface area contributed by atoms with Gasteiger partial charge in [-0.2, -0.15) is 0 Å². The Kier molecular flexibility index (Phi) is 3.49. The minimum absolute atomic E-state index is 0.391. The molecule has 1 aromatic carbocycles. The molecular weight excluding hydrogens is 226 g/mol. The Balaban J connectivity index is 1.94. The van der Waals surface area contributed by atoms with Crippen molar-refractivity contribution < 1.29 is 9.15 Å². The van der Waals surface area contributed by atoms with Crippen LogP contribution in [-0.4, -0.2) is 0 Å². The quantitative estimate of drug-likeness (QED) is 0.889. The van der Waals surface area contributed by atoms with Crippen molar-refractivity contribution in [1.29, 1.82) is 0 Å². The molecule has 0 spiro atoms. The van der Waals surface area contributed by atoms with E-state index in [1.807, 2.05) is 18.2 Å². The summed E-state index contributed by atoms with van der Waals surface area (Å²) in [5.74, 6) is 1.52. The molecule has 0 unspecified atom stereocenters. The van der Waals surface area contributed by atoms with E-state index < -0.39 is 0 Å². The van der Waals surface area contributed by atoms with Crippen molar-refractivity contribution in [3.05, 3.63) is 52.9 Å². The van der Waals surface area contributed by atoms with Crippen LogP contribution < -0.4 is 10.5 Å². The van der Waals surface area contributed by atoms with Crippen LogP contribution in [0.1, 0.15) is 11.3 Å². The van der Waals surface area contributed by atoms with Crippen LogP contribution in [0, 0.1) is 0 Å². The summed E-state index contributed by atoms with van der Waals surface area (Å²) in [7, 11) is 0. The lowest BCUT2D eigenvalue weighted by molar-refractivity contribution is 0.270. The fourth-order valence-electron chi connectivity index (χ4n) is 1.29. The predicted octanol–water partition coefficient (Wildman–Crippen LogP) is 2.97. The van der Waals surface area contributed by atoms with E-state index in [1.54, 1.807) is 18.4 Å². The highest BCUT2D eigenvalue weighted by atomic mass is 35.5. The van der Waals surface area contributed by atoms with E-state index in [-0.39, 0.29) is 0 Å². The summed E-state index contributed by atoms with van der Waals surface area (Å²) in [6.07, 6.45) is 1.64. The van der Waals surface area contributed by atoms with Crippen LogP contribution in [0.4, 0.5) is 0 Å². The lowest BCUT2D eigenvalue weighted by Gasteiger charge is -2.03. The van der Waals surface area contributed by atoms with Gasteiger partial charge in [-0.15, -0.1) is 0 Å². The summed E-state index contributed by atoms with van der Waals surface area (Å²) in [4.78, 5) is 0. The molecule has 0 aliphatic rings. The first kappa shape index (κ1) is 11.0. The number of hydrogen-bond donors (Lipinski definition) is 1. The van der Waals surface area contributed by atoms with Crippen LogP contribution in [0.2, 0.25) is 5.02 Å². The molecule has 0 bridgehead atoms. The fourth-order valence-corrected chi connectivity index (χ4v) is 1.42. The van der Waals surface area contributed by atoms with Crippen molar-refractivity contribution in [3.63, 3.8) is 0 Å². The van der Waals surface area contributed by atoms with E-state index in [0.717, 1.165) is 17.1 Å². The first-order chi connectivity index (χ1) is 7.78. The number of halogens is 1. The van der Waals surface area contributed by atoms with Gasteiger partial charge in [0, 0.05) is 17.1 Å². The standard InChI is InChI=1S/C12H12ClNO2/c13-10-1-3-11(4-2-10)16-8-12-5-9(6-14)7-15-12/h1-5,7H,6,8,14H2. The zero-order valence-corrected chi connectivity index (χ0v) is 9.41. The van der Waals surface area contributed by atoms with Crippen LogP contribution >= 0.6 is 11.6 Å². The molecule has 3 nitrogen and oxygen atoms in total. The van der Waals surface area contributed by atoms with Gasteiger partial charge < -0.3 is 14.9 Å². The Bertz CT molecular complexity index is 450. The molecule has 0 fully saturated rings. The highest BCUT2D eigenvalue weighted by Crippen LogP contribution is 2.17. The normalized spacial score (nSPS) is 10.4. The third-order valence-corrected chi connectivity index (χ3v) is 2.39. The van der Waals surface area contributed by atoms with Crippen molar-refractivity contribution >= 4 is 11.6 Å². The third kappa shape index (κ3) is 2.78. The summed E-state index contributed by atoms with van der Waals surface area (Å²) in [6, 6.07) is 9.08. The summed E-state index contributed by atoms with van der Waals surface area (Å²) >= 11 is 5.76. The Hall–Kier alpha value is -1.45. The van der Waals surface area contributed by atoms with Crippen LogP contribution in [0.3, 0.4) is 0 Å². The predicted molar refractivity (Wildman–Crippen MR) is 62.4 cm³/mol. The van der Waals surface area contributed by atoms with E-state index in [1.165, 1.54) is 0 Å². The van der Waals surface area contributed by atoms with Crippen molar-refractivity contribution in [3.8, 4) is 5.75 Å². The second-order valence-electron chi connectivity index (χ2n) is 3.37. The summed E-state index contributed by atoms with van der Waals surface area (Å²) in [6.45, 7) is 0.867. The molecule has 2 rings (SSSR count). The van der Waals surface area contributed by atoms with Crippen LogP contribution in [0.15, 0.2) is 41.0 Å². The van der Waals surface area contributed by atoms with Gasteiger partial charge >= 0.3 is 0 Å². The number of rotatable bonds is 4. The molecule has 0 saturated heterocycles. The maximum Gasteiger partial charge on any atom is 0.146 e. The molecule has 16 heavy (non-hydrogen) atoms. The van der Waals surface area contributed by atoms with E-state index in [0.29, 0.717) is 18.2 Å². The number of ether oxygens (including phenoxy) is 1. The molecule has 0 aliphatic carbocycles. The molecule has 0 saturated carbocycles. The Morgan fingerprint density at radius 1 is 1.25 bits per heavy atom. The van der Waals surface area contributed by atoms with Crippen molar-refractivity contribution in [1.82, 2.24) is 0 Å². The van der Waals surface area contributed by atoms with Gasteiger partial charge in [0.2, 0.25) is 0 Å². The van der Waals surface area contributed by atoms with Crippen molar-refractivity contribution in [2.75, 3.05) is 0 Å². The van der Waals surface area contributed by atoms with Crippen LogP contribution in [0.5, 0.6) is 5.75 Å². The van der Waals surface area contributed by atoms with Gasteiger partial charge in [-0.05, 0) is 30.3 Å². The first-order valence-corrected chi connectivity index (χ1v) is 5.30. The highest BCUT2D eigenvalue weighted by molar-refractivity contribution is 6.30. The largest absolute Gasteiger partial charge is 0.486 e. The minimum Gasteiger partial charge on any atom is -0.486 e. The smallest absolute Gasteiger partial charge is 0.146 e. The van der Waals surface area contributed by atoms with E-state index in [4.69, 9.17) is 26.5 Å². The number of hydrogen-bond acceptors (Lipinski definition) is 3. The average molecular weight is 238 g/mol. The summed E-state index contributed by atoms with van der Waals surface area (Å²) in [5.41, 5.74) is 6.44. The number of furan rings is 1. The summed E-state index contributed by atoms with van der Waals surface area (Å²) in [5, 5.41) is 0.691. The van der Waals surface area contributed by atoms with E-state index in [9.17, 15) is 0 Å². The molecule has 0 atom stereocenters. The first-order valence-electron chi connectivity index (χ1n) is 4.92. The monoisotopic (exact) mass is 237 g/mol. The average Bonchev–Trinajstić information content (AvgIpc) is 2.76. The summed E-state index contributed by atoms with van der Waals surface area (Å²) < 4.78 is 10.8. The maximum absolute atomic E-state index is 5.76. The zero-order chi connectivity index (χ0) is 11.4. The molecule has 84 valence electrons. The van der Waals surface area contributed by atoms with Gasteiger partial charge in [0.15, 0.2) is 0 Å². The van der Waals surface area contributed by atoms with Gasteiger partial charge in [0.25, 0.3) is 0 Å². The molecule has 1 aromatic heterocycles. The van der Waals surface area contributed by atoms with Crippen molar-refractivity contribution in [2.45, 2.75) is 13.2 Å². The van der Waals surface area contributed by atoms with Gasteiger partial charge in [0.05, 0.1) is 6.26 Å². The maximum atomic E-state index is 5.76. The topological polar surface area (TPSA) is 48.4 Å². The second-order valence-corrected chi connectivity index (χ2v) is 3.80. The molecule has 4 heteroatoms. The molecule has 2 aromatic rings. The number of nitrogens with two attached hydrogens (primary N) is 1. The Morgan fingerprint density at radius 2 is 2.00 bits per heavy atom. The molecule has 1 heterocycles. The molecule has 0 aliphatic heterocycles. The molecule has 0 radical (unpaired) electrons. The Morgan fingerprint density at radius 3 is 2.62 bits per heavy atom. The van der Waals surface area contributed by atoms with E-state index in [2.05, 4.69) is 0 Å². The van der Waals surface area contributed by atoms with Gasteiger partial charge in [-0.25, -0.2) is 0 Å². The zero-order valence-electron chi connectivity index (χ0n) is 8.65. The third-order valence-electron chi connectivity index (χ3n) is 2.14. The van der Waals surface area contributed by atoms with E-state index >= 15 is 0 Å². The van der Waals surface area contributed by atoms with Crippen LogP contribution in [0.25, 0.3) is 0 Å². The molecule has 0 amide bonds. The van der Waals surface area contributed by atoms with Crippen molar-refractivity contribution in [2.24, 2.45) is 5.73 Å². The fraction of sp³-hybridized carbons (Fsp3) is 0.167. The van der Waals surface area contributed by atoms with Gasteiger partial charge in [0.1, 0.15) is 18.1 Å². The SMILES string of the molecule is NCc1coc(COc2ccc(Cl)cc2)c1. The molecular formula is C12H12ClNO2. The second kappa shape index (κ2) is 5.05. The Labute approximate surface area is 98.8 Å². The lowest BCUT2D eigenvalue weighted by Crippen LogP contribution is -1.95. The van der Waals surface area contributed by atoms with Crippen LogP contribution in [-0.2, 0) is 13.2 Å². The minimum atomic E-state index is 0.391.